The van der Waals surface area contributed by atoms with E-state index in [0.717, 1.165) is 23.2 Å². The Balaban J connectivity index is 2.52. The van der Waals surface area contributed by atoms with Gasteiger partial charge in [-0.05, 0) is 30.9 Å². The summed E-state index contributed by atoms with van der Waals surface area (Å²) in [5, 5.41) is 9.22. The monoisotopic (exact) mass is 247 g/mol. The quantitative estimate of drug-likeness (QED) is 0.890. The van der Waals surface area contributed by atoms with E-state index in [1.165, 1.54) is 4.90 Å². The van der Waals surface area contributed by atoms with Crippen LogP contribution in [-0.2, 0) is 16.0 Å². The summed E-state index contributed by atoms with van der Waals surface area (Å²) in [7, 11) is 0. The van der Waals surface area contributed by atoms with E-state index in [-0.39, 0.29) is 5.91 Å². The van der Waals surface area contributed by atoms with Crippen molar-refractivity contribution < 1.29 is 14.7 Å². The zero-order valence-corrected chi connectivity index (χ0v) is 10.6. The third-order valence-electron chi connectivity index (χ3n) is 3.44. The molecule has 1 amide bonds. The Morgan fingerprint density at radius 1 is 1.50 bits per heavy atom. The van der Waals surface area contributed by atoms with Crippen LogP contribution in [0.25, 0.3) is 0 Å². The van der Waals surface area contributed by atoms with Crippen LogP contribution >= 0.6 is 0 Å². The molecule has 1 N–H and O–H groups in total. The van der Waals surface area contributed by atoms with Gasteiger partial charge in [0.25, 0.3) is 0 Å². The number of carboxylic acids is 1. The van der Waals surface area contributed by atoms with Gasteiger partial charge in [-0.25, -0.2) is 4.79 Å². The van der Waals surface area contributed by atoms with Crippen molar-refractivity contribution in [2.75, 3.05) is 4.90 Å². The minimum atomic E-state index is -0.925. The number of carboxylic acid groups (broad SMARTS) is 1. The molecule has 1 aliphatic heterocycles. The Bertz CT molecular complexity index is 496. The summed E-state index contributed by atoms with van der Waals surface area (Å²) < 4.78 is 0. The van der Waals surface area contributed by atoms with E-state index in [2.05, 4.69) is 0 Å². The smallest absolute Gasteiger partial charge is 0.326 e. The Hall–Kier alpha value is -1.84. The van der Waals surface area contributed by atoms with E-state index in [1.54, 1.807) is 0 Å². The van der Waals surface area contributed by atoms with Crippen LogP contribution < -0.4 is 4.90 Å². The average molecular weight is 247 g/mol. The molecule has 1 heterocycles. The lowest BCUT2D eigenvalue weighted by atomic mass is 10.0. The highest BCUT2D eigenvalue weighted by Crippen LogP contribution is 2.33. The van der Waals surface area contributed by atoms with Crippen molar-refractivity contribution in [3.05, 3.63) is 29.3 Å². The van der Waals surface area contributed by atoms with Crippen LogP contribution in [0.5, 0.6) is 0 Å². The summed E-state index contributed by atoms with van der Waals surface area (Å²) in [5.41, 5.74) is 2.77. The topological polar surface area (TPSA) is 57.6 Å². The van der Waals surface area contributed by atoms with Crippen molar-refractivity contribution in [1.82, 2.24) is 0 Å². The molecule has 4 heteroatoms. The van der Waals surface area contributed by atoms with Gasteiger partial charge in [0.05, 0.1) is 5.69 Å². The number of aliphatic carboxylic acids is 1. The van der Waals surface area contributed by atoms with Crippen LogP contribution in [0.3, 0.4) is 0 Å². The van der Waals surface area contributed by atoms with Gasteiger partial charge in [-0.1, -0.05) is 25.1 Å². The van der Waals surface area contributed by atoms with Gasteiger partial charge in [0, 0.05) is 6.42 Å². The number of hydrogen-bond donors (Lipinski definition) is 1. The highest BCUT2D eigenvalue weighted by atomic mass is 16.4. The van der Waals surface area contributed by atoms with Crippen LogP contribution in [0.4, 0.5) is 5.69 Å². The molecule has 4 nitrogen and oxygen atoms in total. The van der Waals surface area contributed by atoms with Gasteiger partial charge in [0.2, 0.25) is 5.91 Å². The maximum Gasteiger partial charge on any atom is 0.326 e. The third-order valence-corrected chi connectivity index (χ3v) is 3.44. The molecule has 1 fully saturated rings. The number of aryl methyl sites for hydroxylation is 2. The lowest BCUT2D eigenvalue weighted by Gasteiger charge is -2.26. The maximum atomic E-state index is 12.0. The molecule has 1 saturated heterocycles. The molecule has 1 atom stereocenters. The molecular weight excluding hydrogens is 230 g/mol. The van der Waals surface area contributed by atoms with Crippen LogP contribution in [0.1, 0.15) is 30.9 Å². The fraction of sp³-hybridized carbons (Fsp3) is 0.429. The first-order valence-electron chi connectivity index (χ1n) is 6.19. The number of para-hydroxylation sites is 1. The molecular formula is C14H17NO3. The summed E-state index contributed by atoms with van der Waals surface area (Å²) in [6.45, 7) is 3.92. The zero-order valence-electron chi connectivity index (χ0n) is 10.6. The molecule has 1 aliphatic rings. The number of nitrogens with zero attached hydrogens (tertiary/aromatic N) is 1. The maximum absolute atomic E-state index is 12.0. The minimum Gasteiger partial charge on any atom is -0.480 e. The van der Waals surface area contributed by atoms with Gasteiger partial charge < -0.3 is 5.11 Å². The van der Waals surface area contributed by atoms with Crippen LogP contribution in [0, 0.1) is 6.92 Å². The van der Waals surface area contributed by atoms with Gasteiger partial charge in [-0.3, -0.25) is 9.69 Å². The van der Waals surface area contributed by atoms with E-state index >= 15 is 0 Å². The molecule has 0 bridgehead atoms. The fourth-order valence-corrected chi connectivity index (χ4v) is 2.55. The van der Waals surface area contributed by atoms with Gasteiger partial charge in [-0.15, -0.1) is 0 Å². The third kappa shape index (κ3) is 1.98. The molecule has 1 aromatic rings. The van der Waals surface area contributed by atoms with E-state index in [9.17, 15) is 14.7 Å². The first-order chi connectivity index (χ1) is 8.56. The number of carbonyl (C=O) groups excluding carboxylic acids is 1. The van der Waals surface area contributed by atoms with Crippen molar-refractivity contribution in [3.63, 3.8) is 0 Å². The largest absolute Gasteiger partial charge is 0.480 e. The van der Waals surface area contributed by atoms with E-state index in [4.69, 9.17) is 0 Å². The molecule has 0 radical (unpaired) electrons. The summed E-state index contributed by atoms with van der Waals surface area (Å²) in [4.78, 5) is 24.7. The number of benzene rings is 1. The molecule has 2 rings (SSSR count). The summed E-state index contributed by atoms with van der Waals surface area (Å²) in [5.74, 6) is -1.02. The Morgan fingerprint density at radius 2 is 2.22 bits per heavy atom. The van der Waals surface area contributed by atoms with Crippen LogP contribution in [0.2, 0.25) is 0 Å². The van der Waals surface area contributed by atoms with Gasteiger partial charge >= 0.3 is 5.97 Å². The van der Waals surface area contributed by atoms with Crippen molar-refractivity contribution in [2.24, 2.45) is 0 Å². The standard InChI is InChI=1S/C14H17NO3/c1-3-10-6-4-5-9(2)13(10)15-11(14(17)18)7-8-12(15)16/h4-6,11H,3,7-8H2,1-2H3,(H,17,18). The van der Waals surface area contributed by atoms with Crippen molar-refractivity contribution in [1.29, 1.82) is 0 Å². The second-order valence-electron chi connectivity index (χ2n) is 4.59. The lowest BCUT2D eigenvalue weighted by molar-refractivity contribution is -0.138. The highest BCUT2D eigenvalue weighted by molar-refractivity contribution is 6.03. The van der Waals surface area contributed by atoms with Gasteiger partial charge in [0.1, 0.15) is 6.04 Å². The van der Waals surface area contributed by atoms with Crippen LogP contribution in [0.15, 0.2) is 18.2 Å². The minimum absolute atomic E-state index is 0.0913. The fourth-order valence-electron chi connectivity index (χ4n) is 2.55. The van der Waals surface area contributed by atoms with Crippen molar-refractivity contribution in [2.45, 2.75) is 39.2 Å². The van der Waals surface area contributed by atoms with Gasteiger partial charge in [0.15, 0.2) is 0 Å². The molecule has 96 valence electrons. The van der Waals surface area contributed by atoms with E-state index in [1.807, 2.05) is 32.0 Å². The van der Waals surface area contributed by atoms with E-state index < -0.39 is 12.0 Å². The zero-order chi connectivity index (χ0) is 13.3. The van der Waals surface area contributed by atoms with E-state index in [0.29, 0.717) is 12.8 Å². The first-order valence-corrected chi connectivity index (χ1v) is 6.19. The lowest BCUT2D eigenvalue weighted by Crippen LogP contribution is -2.39. The molecule has 1 aromatic carbocycles. The second-order valence-corrected chi connectivity index (χ2v) is 4.59. The molecule has 0 saturated carbocycles. The summed E-state index contributed by atoms with van der Waals surface area (Å²) in [6.07, 6.45) is 1.49. The predicted octanol–water partition coefficient (Wildman–Crippen LogP) is 2.14. The van der Waals surface area contributed by atoms with Crippen LogP contribution in [-0.4, -0.2) is 23.0 Å². The highest BCUT2D eigenvalue weighted by Gasteiger charge is 2.38. The number of carbonyl (C=O) groups is 2. The Kier molecular flexibility index (Phi) is 3.36. The Labute approximate surface area is 106 Å². The second kappa shape index (κ2) is 4.80. The Morgan fingerprint density at radius 3 is 2.83 bits per heavy atom. The normalized spacial score (nSPS) is 19.3. The average Bonchev–Trinajstić information content (AvgIpc) is 2.71. The molecule has 0 spiro atoms. The molecule has 1 unspecified atom stereocenters. The number of hydrogen-bond acceptors (Lipinski definition) is 2. The summed E-state index contributed by atoms with van der Waals surface area (Å²) >= 11 is 0. The number of amides is 1. The molecule has 0 aromatic heterocycles. The van der Waals surface area contributed by atoms with Crippen molar-refractivity contribution >= 4 is 17.6 Å². The number of anilines is 1. The predicted molar refractivity (Wildman–Crippen MR) is 68.7 cm³/mol. The SMILES string of the molecule is CCc1cccc(C)c1N1C(=O)CCC1C(=O)O. The number of rotatable bonds is 3. The molecule has 0 aliphatic carbocycles. The summed E-state index contributed by atoms with van der Waals surface area (Å²) in [6, 6.07) is 5.09. The van der Waals surface area contributed by atoms with Gasteiger partial charge in [-0.2, -0.15) is 0 Å². The first kappa shape index (κ1) is 12.6. The van der Waals surface area contributed by atoms with Crippen molar-refractivity contribution in [3.8, 4) is 0 Å². The molecule has 18 heavy (non-hydrogen) atoms.